The van der Waals surface area contributed by atoms with Crippen LogP contribution >= 0.6 is 0 Å². The summed E-state index contributed by atoms with van der Waals surface area (Å²) in [5.74, 6) is -0.408. The molecule has 142 valence electrons. The number of hydrogen-bond acceptors (Lipinski definition) is 6. The Balaban J connectivity index is 1.77. The van der Waals surface area contributed by atoms with Crippen molar-refractivity contribution in [3.63, 3.8) is 0 Å². The fraction of sp³-hybridized carbons (Fsp3) is 0.263. The molecule has 0 fully saturated rings. The average molecular weight is 389 g/mol. The Labute approximate surface area is 157 Å². The minimum absolute atomic E-state index is 0.207. The molecule has 1 aliphatic rings. The molecule has 2 heterocycles. The molecule has 0 spiro atoms. The van der Waals surface area contributed by atoms with Gasteiger partial charge in [-0.1, -0.05) is 18.2 Å². The monoisotopic (exact) mass is 389 g/mol. The van der Waals surface area contributed by atoms with Crippen LogP contribution in [0.4, 0.5) is 5.69 Å². The molecule has 3 rings (SSSR count). The number of esters is 1. The van der Waals surface area contributed by atoms with Gasteiger partial charge in [0.25, 0.3) is 5.91 Å². The van der Waals surface area contributed by atoms with E-state index in [9.17, 15) is 18.0 Å². The summed E-state index contributed by atoms with van der Waals surface area (Å²) in [4.78, 5) is 26.3. The van der Waals surface area contributed by atoms with E-state index in [1.165, 1.54) is 11.0 Å². The first kappa shape index (κ1) is 18.9. The normalized spacial score (nSPS) is 17.6. The summed E-state index contributed by atoms with van der Waals surface area (Å²) in [6, 6.07) is 9.56. The van der Waals surface area contributed by atoms with E-state index >= 15 is 0 Å². The molecule has 0 aliphatic carbocycles. The van der Waals surface area contributed by atoms with Crippen molar-refractivity contribution in [1.29, 1.82) is 0 Å². The third kappa shape index (κ3) is 4.28. The summed E-state index contributed by atoms with van der Waals surface area (Å²) in [6.07, 6.45) is 1.46. The van der Waals surface area contributed by atoms with Crippen molar-refractivity contribution in [2.45, 2.75) is 19.9 Å². The first-order chi connectivity index (χ1) is 12.8. The van der Waals surface area contributed by atoms with E-state index in [0.717, 1.165) is 5.41 Å². The van der Waals surface area contributed by atoms with Gasteiger partial charge in [-0.2, -0.15) is 0 Å². The molecule has 8 heteroatoms. The fourth-order valence-corrected chi connectivity index (χ4v) is 4.21. The zero-order valence-corrected chi connectivity index (χ0v) is 15.7. The van der Waals surface area contributed by atoms with Gasteiger partial charge in [0.05, 0.1) is 11.8 Å². The minimum Gasteiger partial charge on any atom is -0.466 e. The Bertz CT molecular complexity index is 990. The molecule has 1 aromatic carbocycles. The number of carbonyl (C=O) groups excluding carboxylic acids is 2. The van der Waals surface area contributed by atoms with Gasteiger partial charge in [-0.15, -0.1) is 0 Å². The third-order valence-electron chi connectivity index (χ3n) is 4.13. The first-order valence-corrected chi connectivity index (χ1v) is 10.0. The van der Waals surface area contributed by atoms with E-state index in [1.54, 1.807) is 50.2 Å². The van der Waals surface area contributed by atoms with Crippen molar-refractivity contribution in [2.24, 2.45) is 0 Å². The van der Waals surface area contributed by atoms with Gasteiger partial charge < -0.3 is 14.1 Å². The Morgan fingerprint density at radius 1 is 1.22 bits per heavy atom. The van der Waals surface area contributed by atoms with Crippen LogP contribution in [-0.4, -0.2) is 38.7 Å². The van der Waals surface area contributed by atoms with Crippen molar-refractivity contribution in [2.75, 3.05) is 17.3 Å². The molecule has 0 saturated carbocycles. The highest BCUT2D eigenvalue weighted by Crippen LogP contribution is 2.23. The number of benzene rings is 1. The quantitative estimate of drug-likeness (QED) is 0.729. The van der Waals surface area contributed by atoms with Crippen molar-refractivity contribution in [1.82, 2.24) is 0 Å². The van der Waals surface area contributed by atoms with Crippen LogP contribution in [0.15, 0.2) is 52.3 Å². The van der Waals surface area contributed by atoms with E-state index < -0.39 is 34.4 Å². The number of para-hydroxylation sites is 1. The van der Waals surface area contributed by atoms with Gasteiger partial charge in [0.15, 0.2) is 16.4 Å². The molecule has 0 bridgehead atoms. The van der Waals surface area contributed by atoms with Gasteiger partial charge in [-0.3, -0.25) is 4.79 Å². The van der Waals surface area contributed by atoms with Crippen molar-refractivity contribution in [3.8, 4) is 0 Å². The zero-order chi connectivity index (χ0) is 19.6. The lowest BCUT2D eigenvalue weighted by atomic mass is 10.2. The van der Waals surface area contributed by atoms with Crippen LogP contribution in [0.2, 0.25) is 0 Å². The topological polar surface area (TPSA) is 93.9 Å². The van der Waals surface area contributed by atoms with Crippen LogP contribution in [0.5, 0.6) is 0 Å². The van der Waals surface area contributed by atoms with E-state index in [-0.39, 0.29) is 11.3 Å². The van der Waals surface area contributed by atoms with Crippen molar-refractivity contribution in [3.05, 3.63) is 65.0 Å². The van der Waals surface area contributed by atoms with E-state index in [4.69, 9.17) is 9.15 Å². The number of sulfone groups is 1. The molecule has 0 N–H and O–H groups in total. The highest BCUT2D eigenvalue weighted by molar-refractivity contribution is 7.94. The number of hydrogen-bond donors (Lipinski definition) is 0. The predicted molar refractivity (Wildman–Crippen MR) is 99.1 cm³/mol. The largest absolute Gasteiger partial charge is 0.466 e. The van der Waals surface area contributed by atoms with Crippen LogP contribution in [0.25, 0.3) is 0 Å². The molecule has 27 heavy (non-hydrogen) atoms. The molecule has 1 aromatic heterocycles. The zero-order valence-electron chi connectivity index (χ0n) is 14.9. The second-order valence-electron chi connectivity index (χ2n) is 6.23. The maximum atomic E-state index is 12.8. The molecule has 0 saturated heterocycles. The molecular weight excluding hydrogens is 370 g/mol. The van der Waals surface area contributed by atoms with Gasteiger partial charge in [0, 0.05) is 11.1 Å². The summed E-state index contributed by atoms with van der Waals surface area (Å²) in [5.41, 5.74) is 0.788. The van der Waals surface area contributed by atoms with Crippen molar-refractivity contribution >= 4 is 27.4 Å². The summed E-state index contributed by atoms with van der Waals surface area (Å²) in [6.45, 7) is 2.83. The first-order valence-electron chi connectivity index (χ1n) is 8.29. The average Bonchev–Trinajstić information content (AvgIpc) is 3.15. The number of aryl methyl sites for hydroxylation is 2. The van der Waals surface area contributed by atoms with Crippen LogP contribution in [-0.2, 0) is 19.4 Å². The number of anilines is 1. The van der Waals surface area contributed by atoms with Crippen LogP contribution in [0.1, 0.15) is 21.9 Å². The molecule has 0 unspecified atom stereocenters. The smallest absolute Gasteiger partial charge is 0.342 e. The number of carbonyl (C=O) groups is 2. The highest BCUT2D eigenvalue weighted by atomic mass is 32.2. The van der Waals surface area contributed by atoms with E-state index in [2.05, 4.69) is 0 Å². The standard InChI is InChI=1S/C19H19NO6S/c1-13-10-17(14(2)26-13)19(22)25-11-18(21)20(15-6-4-3-5-7-15)16-8-9-27(23,24)12-16/h3-10,16H,11-12H2,1-2H3/t16-/m1/s1. The van der Waals surface area contributed by atoms with Crippen LogP contribution in [0.3, 0.4) is 0 Å². The molecule has 1 aliphatic heterocycles. The second kappa shape index (κ2) is 7.40. The molecule has 0 radical (unpaired) electrons. The minimum atomic E-state index is -3.35. The summed E-state index contributed by atoms with van der Waals surface area (Å²) < 4.78 is 34.0. The summed E-state index contributed by atoms with van der Waals surface area (Å²) >= 11 is 0. The highest BCUT2D eigenvalue weighted by Gasteiger charge is 2.32. The maximum Gasteiger partial charge on any atom is 0.342 e. The molecule has 2 aromatic rings. The molecule has 1 amide bonds. The Morgan fingerprint density at radius 3 is 2.48 bits per heavy atom. The van der Waals surface area contributed by atoms with E-state index in [1.807, 2.05) is 0 Å². The van der Waals surface area contributed by atoms with Gasteiger partial charge in [0.2, 0.25) is 0 Å². The van der Waals surface area contributed by atoms with Crippen molar-refractivity contribution < 1.29 is 27.2 Å². The molecular formula is C19H19NO6S. The second-order valence-corrected chi connectivity index (χ2v) is 8.16. The number of rotatable bonds is 5. The fourth-order valence-electron chi connectivity index (χ4n) is 2.94. The summed E-state index contributed by atoms with van der Waals surface area (Å²) in [5, 5.41) is 1.10. The van der Waals surface area contributed by atoms with Crippen LogP contribution in [0, 0.1) is 13.8 Å². The third-order valence-corrected chi connectivity index (χ3v) is 5.51. The van der Waals surface area contributed by atoms with Gasteiger partial charge in [-0.05, 0) is 38.1 Å². The number of ether oxygens (including phenoxy) is 1. The number of amides is 1. The Morgan fingerprint density at radius 2 is 1.93 bits per heavy atom. The Hall–Kier alpha value is -2.87. The lowest BCUT2D eigenvalue weighted by Gasteiger charge is -2.27. The van der Waals surface area contributed by atoms with Gasteiger partial charge >= 0.3 is 5.97 Å². The SMILES string of the molecule is Cc1cc(C(=O)OCC(=O)N(c2ccccc2)[C@@H]2C=CS(=O)(=O)C2)c(C)o1. The lowest BCUT2D eigenvalue weighted by molar-refractivity contribution is -0.121. The van der Waals surface area contributed by atoms with Gasteiger partial charge in [0.1, 0.15) is 17.1 Å². The summed E-state index contributed by atoms with van der Waals surface area (Å²) in [7, 11) is -3.35. The number of furan rings is 1. The lowest BCUT2D eigenvalue weighted by Crippen LogP contribution is -2.43. The van der Waals surface area contributed by atoms with Crippen LogP contribution < -0.4 is 4.90 Å². The maximum absolute atomic E-state index is 12.8. The van der Waals surface area contributed by atoms with E-state index in [0.29, 0.717) is 17.2 Å². The number of nitrogens with zero attached hydrogens (tertiary/aromatic N) is 1. The van der Waals surface area contributed by atoms with Gasteiger partial charge in [-0.25, -0.2) is 13.2 Å². The predicted octanol–water partition coefficient (Wildman–Crippen LogP) is 2.40. The molecule has 1 atom stereocenters. The Kier molecular flexibility index (Phi) is 5.18. The molecule has 7 nitrogen and oxygen atoms in total.